The zero-order valence-electron chi connectivity index (χ0n) is 11.6. The lowest BCUT2D eigenvalue weighted by Crippen LogP contribution is -2.08. The molecule has 0 saturated carbocycles. The lowest BCUT2D eigenvalue weighted by atomic mass is 10.1. The molecule has 0 unspecified atom stereocenters. The number of hydrogen-bond acceptors (Lipinski definition) is 3. The van der Waals surface area contributed by atoms with Gasteiger partial charge in [-0.25, -0.2) is 0 Å². The third-order valence-electron chi connectivity index (χ3n) is 3.17. The van der Waals surface area contributed by atoms with E-state index in [1.807, 2.05) is 27.8 Å². The Morgan fingerprint density at radius 3 is 2.63 bits per heavy atom. The molecule has 0 aliphatic rings. The average Bonchev–Trinajstić information content (AvgIpc) is 2.82. The topological polar surface area (TPSA) is 48.0 Å². The normalized spacial score (nSPS) is 11.0. The molecule has 0 N–H and O–H groups in total. The van der Waals surface area contributed by atoms with Gasteiger partial charge in [0.15, 0.2) is 5.78 Å². The SMILES string of the molecule is CCc1nn(C)c(CC(=O)c2cc(C)oc2C)c1Br. The summed E-state index contributed by atoms with van der Waals surface area (Å²) in [5.41, 5.74) is 2.54. The Labute approximate surface area is 120 Å². The van der Waals surface area contributed by atoms with E-state index in [1.54, 1.807) is 10.7 Å². The first kappa shape index (κ1) is 14.1. The second kappa shape index (κ2) is 5.33. The number of aryl methyl sites for hydroxylation is 4. The lowest BCUT2D eigenvalue weighted by Gasteiger charge is -2.02. The minimum atomic E-state index is 0.0562. The first-order chi connectivity index (χ1) is 8.93. The quantitative estimate of drug-likeness (QED) is 0.810. The van der Waals surface area contributed by atoms with Crippen molar-refractivity contribution in [3.05, 3.63) is 39.0 Å². The molecule has 0 bridgehead atoms. The molecule has 2 heterocycles. The maximum atomic E-state index is 12.3. The van der Waals surface area contributed by atoms with Crippen LogP contribution >= 0.6 is 15.9 Å². The Balaban J connectivity index is 2.29. The monoisotopic (exact) mass is 324 g/mol. The van der Waals surface area contributed by atoms with Gasteiger partial charge >= 0.3 is 0 Å². The molecule has 0 aromatic carbocycles. The van der Waals surface area contributed by atoms with Gasteiger partial charge in [0.25, 0.3) is 0 Å². The van der Waals surface area contributed by atoms with Crippen LogP contribution in [-0.4, -0.2) is 15.6 Å². The minimum absolute atomic E-state index is 0.0562. The van der Waals surface area contributed by atoms with Gasteiger partial charge in [0.05, 0.1) is 27.8 Å². The van der Waals surface area contributed by atoms with Gasteiger partial charge in [-0.2, -0.15) is 5.10 Å². The fraction of sp³-hybridized carbons (Fsp3) is 0.429. The van der Waals surface area contributed by atoms with Crippen LogP contribution in [0.3, 0.4) is 0 Å². The van der Waals surface area contributed by atoms with Crippen molar-refractivity contribution in [2.75, 3.05) is 0 Å². The fourth-order valence-corrected chi connectivity index (χ4v) is 2.92. The van der Waals surface area contributed by atoms with E-state index in [4.69, 9.17) is 4.42 Å². The number of ketones is 1. The van der Waals surface area contributed by atoms with Crippen molar-refractivity contribution in [2.24, 2.45) is 7.05 Å². The van der Waals surface area contributed by atoms with Crippen LogP contribution in [-0.2, 0) is 19.9 Å². The molecular weight excluding hydrogens is 308 g/mol. The number of halogens is 1. The van der Waals surface area contributed by atoms with Crippen LogP contribution < -0.4 is 0 Å². The Morgan fingerprint density at radius 2 is 2.16 bits per heavy atom. The molecule has 0 saturated heterocycles. The van der Waals surface area contributed by atoms with Gasteiger partial charge in [0.2, 0.25) is 0 Å². The Kier molecular flexibility index (Phi) is 3.94. The van der Waals surface area contributed by atoms with Gasteiger partial charge in [-0.3, -0.25) is 9.48 Å². The number of carbonyl (C=O) groups is 1. The summed E-state index contributed by atoms with van der Waals surface area (Å²) in [6, 6.07) is 1.79. The second-order valence-corrected chi connectivity index (χ2v) is 5.40. The van der Waals surface area contributed by atoms with Crippen molar-refractivity contribution < 1.29 is 9.21 Å². The number of nitrogens with zero attached hydrogens (tertiary/aromatic N) is 2. The van der Waals surface area contributed by atoms with E-state index < -0.39 is 0 Å². The van der Waals surface area contributed by atoms with E-state index >= 15 is 0 Å². The zero-order valence-corrected chi connectivity index (χ0v) is 13.2. The molecule has 19 heavy (non-hydrogen) atoms. The van der Waals surface area contributed by atoms with E-state index in [2.05, 4.69) is 21.0 Å². The van der Waals surface area contributed by atoms with Crippen LogP contribution in [0.2, 0.25) is 0 Å². The van der Waals surface area contributed by atoms with Crippen molar-refractivity contribution >= 4 is 21.7 Å². The summed E-state index contributed by atoms with van der Waals surface area (Å²) >= 11 is 3.53. The number of rotatable bonds is 4. The molecule has 5 heteroatoms. The Morgan fingerprint density at radius 1 is 1.47 bits per heavy atom. The number of carbonyl (C=O) groups excluding carboxylic acids is 1. The summed E-state index contributed by atoms with van der Waals surface area (Å²) < 4.78 is 8.11. The van der Waals surface area contributed by atoms with Crippen molar-refractivity contribution in [3.63, 3.8) is 0 Å². The van der Waals surface area contributed by atoms with Crippen LogP contribution in [0.5, 0.6) is 0 Å². The third-order valence-corrected chi connectivity index (χ3v) is 4.09. The molecule has 2 aromatic rings. The summed E-state index contributed by atoms with van der Waals surface area (Å²) in [6.07, 6.45) is 1.16. The summed E-state index contributed by atoms with van der Waals surface area (Å²) in [4.78, 5) is 12.3. The number of Topliss-reactive ketones (excluding diaryl/α,β-unsaturated/α-hetero) is 1. The second-order valence-electron chi connectivity index (χ2n) is 4.61. The highest BCUT2D eigenvalue weighted by molar-refractivity contribution is 9.10. The van der Waals surface area contributed by atoms with Gasteiger partial charge in [0.1, 0.15) is 11.5 Å². The summed E-state index contributed by atoms with van der Waals surface area (Å²) in [7, 11) is 1.86. The minimum Gasteiger partial charge on any atom is -0.466 e. The predicted molar refractivity (Wildman–Crippen MR) is 76.5 cm³/mol. The van der Waals surface area contributed by atoms with Gasteiger partial charge in [-0.15, -0.1) is 0 Å². The summed E-state index contributed by atoms with van der Waals surface area (Å²) in [6.45, 7) is 5.71. The van der Waals surface area contributed by atoms with Gasteiger partial charge in [-0.1, -0.05) is 6.92 Å². The van der Waals surface area contributed by atoms with Gasteiger partial charge < -0.3 is 4.42 Å². The molecule has 0 atom stereocenters. The van der Waals surface area contributed by atoms with Crippen LogP contribution in [0, 0.1) is 13.8 Å². The summed E-state index contributed by atoms with van der Waals surface area (Å²) in [5.74, 6) is 1.50. The number of hydrogen-bond donors (Lipinski definition) is 0. The molecule has 0 spiro atoms. The molecule has 0 radical (unpaired) electrons. The largest absolute Gasteiger partial charge is 0.466 e. The van der Waals surface area contributed by atoms with Crippen molar-refractivity contribution in [1.29, 1.82) is 0 Å². The van der Waals surface area contributed by atoms with Crippen molar-refractivity contribution in [2.45, 2.75) is 33.6 Å². The first-order valence-corrected chi connectivity index (χ1v) is 7.03. The average molecular weight is 325 g/mol. The number of aromatic nitrogens is 2. The fourth-order valence-electron chi connectivity index (χ4n) is 2.17. The Hall–Kier alpha value is -1.36. The zero-order chi connectivity index (χ0) is 14.2. The van der Waals surface area contributed by atoms with E-state index in [1.165, 1.54) is 0 Å². The molecule has 0 aliphatic carbocycles. The molecular formula is C14H17BrN2O2. The maximum absolute atomic E-state index is 12.3. The van der Waals surface area contributed by atoms with Crippen LogP contribution in [0.15, 0.2) is 15.0 Å². The van der Waals surface area contributed by atoms with Crippen LogP contribution in [0.1, 0.15) is 40.2 Å². The smallest absolute Gasteiger partial charge is 0.172 e. The van der Waals surface area contributed by atoms with E-state index in [0.717, 1.165) is 28.0 Å². The highest BCUT2D eigenvalue weighted by Crippen LogP contribution is 2.24. The molecule has 102 valence electrons. The maximum Gasteiger partial charge on any atom is 0.172 e. The van der Waals surface area contributed by atoms with Crippen molar-refractivity contribution in [1.82, 2.24) is 9.78 Å². The molecule has 4 nitrogen and oxygen atoms in total. The Bertz CT molecular complexity index is 626. The van der Waals surface area contributed by atoms with E-state index in [-0.39, 0.29) is 5.78 Å². The van der Waals surface area contributed by atoms with Crippen LogP contribution in [0.25, 0.3) is 0 Å². The molecule has 2 aromatic heterocycles. The number of furan rings is 1. The van der Waals surface area contributed by atoms with E-state index in [9.17, 15) is 4.79 Å². The first-order valence-electron chi connectivity index (χ1n) is 6.24. The van der Waals surface area contributed by atoms with Crippen molar-refractivity contribution in [3.8, 4) is 0 Å². The van der Waals surface area contributed by atoms with Gasteiger partial charge in [-0.05, 0) is 42.3 Å². The highest BCUT2D eigenvalue weighted by atomic mass is 79.9. The van der Waals surface area contributed by atoms with E-state index in [0.29, 0.717) is 17.7 Å². The molecule has 0 aliphatic heterocycles. The molecule has 0 amide bonds. The van der Waals surface area contributed by atoms with Gasteiger partial charge in [0, 0.05) is 7.05 Å². The highest BCUT2D eigenvalue weighted by Gasteiger charge is 2.19. The summed E-state index contributed by atoms with van der Waals surface area (Å²) in [5, 5.41) is 4.40. The third kappa shape index (κ3) is 2.66. The lowest BCUT2D eigenvalue weighted by molar-refractivity contribution is 0.0989. The standard InChI is InChI=1S/C14H17BrN2O2/c1-5-11-14(15)12(17(4)16-11)7-13(18)10-6-8(2)19-9(10)3/h6H,5,7H2,1-4H3. The predicted octanol–water partition coefficient (Wildman–Crippen LogP) is 3.38. The van der Waals surface area contributed by atoms with Crippen LogP contribution in [0.4, 0.5) is 0 Å². The molecule has 0 fully saturated rings. The molecule has 2 rings (SSSR count).